The Hall–Kier alpha value is -1.76. The van der Waals surface area contributed by atoms with E-state index < -0.39 is 6.18 Å². The highest BCUT2D eigenvalue weighted by molar-refractivity contribution is 8.14. The summed E-state index contributed by atoms with van der Waals surface area (Å²) in [6.07, 6.45) is -3.11. The number of rotatable bonds is 2. The third-order valence-electron chi connectivity index (χ3n) is 2.64. The van der Waals surface area contributed by atoms with Gasteiger partial charge in [-0.25, -0.2) is 0 Å². The van der Waals surface area contributed by atoms with Gasteiger partial charge in [-0.05, 0) is 17.7 Å². The number of halogens is 3. The van der Waals surface area contributed by atoms with Gasteiger partial charge in [-0.2, -0.15) is 13.2 Å². The summed E-state index contributed by atoms with van der Waals surface area (Å²) >= 11 is 1.20. The van der Waals surface area contributed by atoms with E-state index in [4.69, 9.17) is 5.41 Å². The minimum atomic E-state index is -4.42. The number of nitrogens with one attached hydrogen (secondary N) is 1. The van der Waals surface area contributed by atoms with Gasteiger partial charge in [0.25, 0.3) is 0 Å². The molecule has 0 spiro atoms. The average molecular weight is 300 g/mol. The van der Waals surface area contributed by atoms with Crippen LogP contribution < -0.4 is 4.90 Å². The molecule has 1 fully saturated rings. The Morgan fingerprint density at radius 3 is 2.65 bits per heavy atom. The summed E-state index contributed by atoms with van der Waals surface area (Å²) in [6.45, 7) is 0. The lowest BCUT2D eigenvalue weighted by atomic mass is 10.1. The standard InChI is InChI=1S/C13H11F3N2OS/c14-13(15,16)7-5-9-3-1-2-4-10(9)18-11(19)6-8-20-12(18)17/h1-5,7,17H,6,8H2/b7-5+,17-12?. The summed E-state index contributed by atoms with van der Waals surface area (Å²) in [5.74, 6) is 0.246. The highest BCUT2D eigenvalue weighted by Gasteiger charge is 2.27. The van der Waals surface area contributed by atoms with Crippen molar-refractivity contribution in [2.24, 2.45) is 0 Å². The van der Waals surface area contributed by atoms with Crippen LogP contribution in [0.3, 0.4) is 0 Å². The quantitative estimate of drug-likeness (QED) is 0.905. The Kier molecular flexibility index (Phi) is 4.17. The Bertz CT molecular complexity index is 553. The third kappa shape index (κ3) is 3.41. The first-order valence-electron chi connectivity index (χ1n) is 5.78. The fourth-order valence-corrected chi connectivity index (χ4v) is 2.58. The van der Waals surface area contributed by atoms with Gasteiger partial charge in [-0.15, -0.1) is 0 Å². The number of amides is 1. The molecule has 1 aromatic rings. The summed E-state index contributed by atoms with van der Waals surface area (Å²) in [5, 5.41) is 7.82. The van der Waals surface area contributed by atoms with Crippen LogP contribution in [-0.2, 0) is 4.79 Å². The van der Waals surface area contributed by atoms with Crippen LogP contribution in [0.4, 0.5) is 18.9 Å². The van der Waals surface area contributed by atoms with Gasteiger partial charge in [0.05, 0.1) is 5.69 Å². The summed E-state index contributed by atoms with van der Waals surface area (Å²) < 4.78 is 36.8. The first-order chi connectivity index (χ1) is 9.38. The second-order valence-corrected chi connectivity index (χ2v) is 5.15. The smallest absolute Gasteiger partial charge is 0.278 e. The van der Waals surface area contributed by atoms with Gasteiger partial charge < -0.3 is 0 Å². The van der Waals surface area contributed by atoms with E-state index in [2.05, 4.69) is 0 Å². The van der Waals surface area contributed by atoms with Crippen LogP contribution in [0.1, 0.15) is 12.0 Å². The van der Waals surface area contributed by atoms with Crippen molar-refractivity contribution in [3.05, 3.63) is 35.9 Å². The topological polar surface area (TPSA) is 44.2 Å². The van der Waals surface area contributed by atoms with Gasteiger partial charge in [0, 0.05) is 18.2 Å². The van der Waals surface area contributed by atoms with Crippen molar-refractivity contribution in [1.82, 2.24) is 0 Å². The number of para-hydroxylation sites is 1. The fraction of sp³-hybridized carbons (Fsp3) is 0.231. The van der Waals surface area contributed by atoms with Crippen LogP contribution in [0, 0.1) is 5.41 Å². The number of nitrogens with zero attached hydrogens (tertiary/aromatic N) is 1. The summed E-state index contributed by atoms with van der Waals surface area (Å²) in [4.78, 5) is 13.0. The summed E-state index contributed by atoms with van der Waals surface area (Å²) in [5.41, 5.74) is 0.556. The highest BCUT2D eigenvalue weighted by atomic mass is 32.2. The van der Waals surface area contributed by atoms with Crippen molar-refractivity contribution in [3.63, 3.8) is 0 Å². The van der Waals surface area contributed by atoms with Gasteiger partial charge in [0.1, 0.15) is 0 Å². The average Bonchev–Trinajstić information content (AvgIpc) is 2.36. The molecule has 1 heterocycles. The van der Waals surface area contributed by atoms with E-state index in [1.54, 1.807) is 12.1 Å². The molecule has 0 bridgehead atoms. The van der Waals surface area contributed by atoms with Crippen molar-refractivity contribution in [1.29, 1.82) is 5.41 Å². The number of alkyl halides is 3. The van der Waals surface area contributed by atoms with Crippen LogP contribution in [0.25, 0.3) is 6.08 Å². The number of thioether (sulfide) groups is 1. The normalized spacial score (nSPS) is 17.1. The largest absolute Gasteiger partial charge is 0.409 e. The number of hydrogen-bond acceptors (Lipinski definition) is 3. The van der Waals surface area contributed by atoms with Crippen LogP contribution in [0.15, 0.2) is 30.3 Å². The summed E-state index contributed by atoms with van der Waals surface area (Å²) in [6, 6.07) is 6.23. The molecule has 7 heteroatoms. The second-order valence-electron chi connectivity index (χ2n) is 4.07. The fourth-order valence-electron chi connectivity index (χ4n) is 1.78. The van der Waals surface area contributed by atoms with Crippen LogP contribution in [0.5, 0.6) is 0 Å². The van der Waals surface area contributed by atoms with Crippen molar-refractivity contribution >= 4 is 34.6 Å². The predicted molar refractivity (Wildman–Crippen MR) is 73.8 cm³/mol. The molecule has 0 atom stereocenters. The molecule has 0 unspecified atom stereocenters. The van der Waals surface area contributed by atoms with E-state index in [9.17, 15) is 18.0 Å². The van der Waals surface area contributed by atoms with E-state index in [1.165, 1.54) is 23.9 Å². The molecule has 20 heavy (non-hydrogen) atoms. The first-order valence-corrected chi connectivity index (χ1v) is 6.76. The zero-order chi connectivity index (χ0) is 14.8. The molecular formula is C13H11F3N2OS. The van der Waals surface area contributed by atoms with Crippen LogP contribution >= 0.6 is 11.8 Å². The zero-order valence-corrected chi connectivity index (χ0v) is 11.1. The number of anilines is 1. The molecule has 1 amide bonds. The molecule has 106 valence electrons. The van der Waals surface area contributed by atoms with Gasteiger partial charge >= 0.3 is 6.18 Å². The zero-order valence-electron chi connectivity index (χ0n) is 10.3. The number of hydrogen-bond donors (Lipinski definition) is 1. The molecule has 3 nitrogen and oxygen atoms in total. The SMILES string of the molecule is N=C1SCCC(=O)N1c1ccccc1/C=C/C(F)(F)F. The minimum Gasteiger partial charge on any atom is -0.278 e. The van der Waals surface area contributed by atoms with E-state index in [0.717, 1.165) is 11.0 Å². The maximum atomic E-state index is 12.3. The highest BCUT2D eigenvalue weighted by Crippen LogP contribution is 2.29. The van der Waals surface area contributed by atoms with Crippen molar-refractivity contribution in [2.45, 2.75) is 12.6 Å². The van der Waals surface area contributed by atoms with Gasteiger partial charge in [-0.1, -0.05) is 30.0 Å². The third-order valence-corrected chi connectivity index (χ3v) is 3.50. The number of allylic oxidation sites excluding steroid dienone is 1. The molecule has 0 aliphatic carbocycles. The van der Waals surface area contributed by atoms with Gasteiger partial charge in [0.15, 0.2) is 5.17 Å². The van der Waals surface area contributed by atoms with Gasteiger partial charge in [-0.3, -0.25) is 15.1 Å². The molecule has 1 aromatic carbocycles. The molecule has 1 saturated heterocycles. The number of amidine groups is 1. The Balaban J connectivity index is 2.39. The molecule has 2 rings (SSSR count). The summed E-state index contributed by atoms with van der Waals surface area (Å²) in [7, 11) is 0. The first kappa shape index (κ1) is 14.6. The number of carbonyl (C=O) groups excluding carboxylic acids is 1. The molecule has 0 aromatic heterocycles. The van der Waals surface area contributed by atoms with E-state index in [0.29, 0.717) is 11.4 Å². The lowest BCUT2D eigenvalue weighted by Gasteiger charge is -2.27. The molecule has 0 radical (unpaired) electrons. The monoisotopic (exact) mass is 300 g/mol. The lowest BCUT2D eigenvalue weighted by Crippen LogP contribution is -2.39. The van der Waals surface area contributed by atoms with E-state index >= 15 is 0 Å². The van der Waals surface area contributed by atoms with Crippen molar-refractivity contribution < 1.29 is 18.0 Å². The Morgan fingerprint density at radius 2 is 2.00 bits per heavy atom. The van der Waals surface area contributed by atoms with E-state index in [-0.39, 0.29) is 29.1 Å². The van der Waals surface area contributed by atoms with Crippen LogP contribution in [0.2, 0.25) is 0 Å². The van der Waals surface area contributed by atoms with Crippen LogP contribution in [-0.4, -0.2) is 23.0 Å². The Morgan fingerprint density at radius 1 is 1.30 bits per heavy atom. The molecule has 1 aliphatic heterocycles. The van der Waals surface area contributed by atoms with Crippen molar-refractivity contribution in [2.75, 3.05) is 10.7 Å². The molecule has 0 saturated carbocycles. The second kappa shape index (κ2) is 5.70. The molecular weight excluding hydrogens is 289 g/mol. The Labute approximate surface area is 118 Å². The van der Waals surface area contributed by atoms with E-state index in [1.807, 2.05) is 0 Å². The predicted octanol–water partition coefficient (Wildman–Crippen LogP) is 3.67. The van der Waals surface area contributed by atoms with Crippen molar-refractivity contribution in [3.8, 4) is 0 Å². The molecule has 1 N–H and O–H groups in total. The number of carbonyl (C=O) groups is 1. The maximum absolute atomic E-state index is 12.3. The lowest BCUT2D eigenvalue weighted by molar-refractivity contribution is -0.117. The van der Waals surface area contributed by atoms with Gasteiger partial charge in [0.2, 0.25) is 5.91 Å². The number of benzene rings is 1. The molecule has 1 aliphatic rings. The maximum Gasteiger partial charge on any atom is 0.409 e. The minimum absolute atomic E-state index is 0.0362.